The Morgan fingerprint density at radius 3 is 2.75 bits per heavy atom. The van der Waals surface area contributed by atoms with E-state index >= 15 is 0 Å². The van der Waals surface area contributed by atoms with Gasteiger partial charge in [-0.15, -0.1) is 0 Å². The van der Waals surface area contributed by atoms with Crippen LogP contribution in [-0.2, 0) is 9.59 Å². The SMILES string of the molecule is CC(F)(F)C(=O)N[C@H]1CC(=O)N[C@@H]1c1cccc(F)c1. The minimum atomic E-state index is -3.53. The molecule has 0 aliphatic carbocycles. The smallest absolute Gasteiger partial charge is 0.321 e. The van der Waals surface area contributed by atoms with Gasteiger partial charge < -0.3 is 10.6 Å². The van der Waals surface area contributed by atoms with Crippen molar-refractivity contribution in [2.24, 2.45) is 0 Å². The molecule has 0 bridgehead atoms. The molecule has 0 radical (unpaired) electrons. The predicted octanol–water partition coefficient (Wildman–Crippen LogP) is 1.53. The maximum Gasteiger partial charge on any atom is 0.321 e. The van der Waals surface area contributed by atoms with Gasteiger partial charge in [-0.25, -0.2) is 4.39 Å². The van der Waals surface area contributed by atoms with E-state index in [2.05, 4.69) is 10.6 Å². The highest BCUT2D eigenvalue weighted by atomic mass is 19.3. The minimum Gasteiger partial charge on any atom is -0.347 e. The van der Waals surface area contributed by atoms with Gasteiger partial charge >= 0.3 is 5.92 Å². The Kier molecular flexibility index (Phi) is 3.69. The van der Waals surface area contributed by atoms with Crippen LogP contribution in [0.25, 0.3) is 0 Å². The second-order valence-electron chi connectivity index (χ2n) is 4.77. The molecule has 1 aliphatic rings. The minimum absolute atomic E-state index is 0.122. The Morgan fingerprint density at radius 2 is 2.15 bits per heavy atom. The molecule has 2 rings (SSSR count). The fourth-order valence-electron chi connectivity index (χ4n) is 2.10. The van der Waals surface area contributed by atoms with Crippen molar-refractivity contribution in [1.29, 1.82) is 0 Å². The van der Waals surface area contributed by atoms with Crippen LogP contribution in [-0.4, -0.2) is 23.8 Å². The van der Waals surface area contributed by atoms with Gasteiger partial charge in [0.2, 0.25) is 5.91 Å². The maximum absolute atomic E-state index is 13.2. The number of rotatable bonds is 3. The van der Waals surface area contributed by atoms with Crippen LogP contribution in [0.15, 0.2) is 24.3 Å². The van der Waals surface area contributed by atoms with Crippen LogP contribution in [0.3, 0.4) is 0 Å². The summed E-state index contributed by atoms with van der Waals surface area (Å²) in [7, 11) is 0. The molecule has 1 aromatic rings. The molecule has 20 heavy (non-hydrogen) atoms. The fraction of sp³-hybridized carbons (Fsp3) is 0.385. The second-order valence-corrected chi connectivity index (χ2v) is 4.77. The van der Waals surface area contributed by atoms with Crippen LogP contribution in [0.4, 0.5) is 13.2 Å². The van der Waals surface area contributed by atoms with Crippen molar-refractivity contribution < 1.29 is 22.8 Å². The highest BCUT2D eigenvalue weighted by molar-refractivity contribution is 5.86. The standard InChI is InChI=1S/C13H13F3N2O2/c1-13(15,16)12(20)17-9-6-10(19)18-11(9)7-3-2-4-8(14)5-7/h2-5,9,11H,6H2,1H3,(H,17,20)(H,18,19)/t9-,11+/m0/s1. The highest BCUT2D eigenvalue weighted by Gasteiger charge is 2.39. The van der Waals surface area contributed by atoms with E-state index in [1.165, 1.54) is 18.2 Å². The van der Waals surface area contributed by atoms with Crippen molar-refractivity contribution in [2.75, 3.05) is 0 Å². The largest absolute Gasteiger partial charge is 0.347 e. The van der Waals surface area contributed by atoms with Crippen LogP contribution in [0.5, 0.6) is 0 Å². The van der Waals surface area contributed by atoms with E-state index in [0.717, 1.165) is 0 Å². The molecular weight excluding hydrogens is 273 g/mol. The molecule has 1 heterocycles. The Balaban J connectivity index is 2.19. The monoisotopic (exact) mass is 286 g/mol. The van der Waals surface area contributed by atoms with E-state index < -0.39 is 29.7 Å². The summed E-state index contributed by atoms with van der Waals surface area (Å²) in [4.78, 5) is 22.7. The van der Waals surface area contributed by atoms with E-state index in [1.54, 1.807) is 6.07 Å². The molecule has 1 fully saturated rings. The summed E-state index contributed by atoms with van der Waals surface area (Å²) in [5.74, 6) is -5.88. The lowest BCUT2D eigenvalue weighted by Gasteiger charge is -2.22. The summed E-state index contributed by atoms with van der Waals surface area (Å²) in [5.41, 5.74) is 0.417. The number of nitrogens with one attached hydrogen (secondary N) is 2. The van der Waals surface area contributed by atoms with Crippen molar-refractivity contribution in [3.63, 3.8) is 0 Å². The van der Waals surface area contributed by atoms with Gasteiger partial charge in [0.1, 0.15) is 5.82 Å². The van der Waals surface area contributed by atoms with E-state index in [-0.39, 0.29) is 12.3 Å². The molecule has 7 heteroatoms. The first-order valence-corrected chi connectivity index (χ1v) is 6.01. The first-order valence-electron chi connectivity index (χ1n) is 6.01. The van der Waals surface area contributed by atoms with Crippen molar-refractivity contribution >= 4 is 11.8 Å². The third-order valence-corrected chi connectivity index (χ3v) is 3.05. The van der Waals surface area contributed by atoms with Crippen molar-refractivity contribution in [3.05, 3.63) is 35.6 Å². The Bertz CT molecular complexity index is 543. The lowest BCUT2D eigenvalue weighted by molar-refractivity contribution is -0.143. The third-order valence-electron chi connectivity index (χ3n) is 3.05. The fourth-order valence-corrected chi connectivity index (χ4v) is 2.10. The molecule has 108 valence electrons. The van der Waals surface area contributed by atoms with Crippen LogP contribution in [0, 0.1) is 5.82 Å². The Morgan fingerprint density at radius 1 is 1.45 bits per heavy atom. The van der Waals surface area contributed by atoms with Crippen LogP contribution in [0.1, 0.15) is 24.9 Å². The molecule has 2 amide bonds. The zero-order chi connectivity index (χ0) is 14.9. The number of alkyl halides is 2. The summed E-state index contributed by atoms with van der Waals surface area (Å²) in [6.07, 6.45) is -0.122. The molecule has 0 aromatic heterocycles. The number of benzene rings is 1. The Labute approximate surface area is 113 Å². The van der Waals surface area contributed by atoms with Gasteiger partial charge in [0, 0.05) is 13.3 Å². The first kappa shape index (κ1) is 14.4. The number of hydrogen-bond acceptors (Lipinski definition) is 2. The first-order chi connectivity index (χ1) is 9.27. The molecule has 2 N–H and O–H groups in total. The summed E-state index contributed by atoms with van der Waals surface area (Å²) < 4.78 is 38.9. The number of carbonyl (C=O) groups is 2. The molecule has 2 atom stereocenters. The lowest BCUT2D eigenvalue weighted by atomic mass is 10.0. The summed E-state index contributed by atoms with van der Waals surface area (Å²) >= 11 is 0. The average Bonchev–Trinajstić information content (AvgIpc) is 2.69. The zero-order valence-electron chi connectivity index (χ0n) is 10.6. The van der Waals surface area contributed by atoms with Gasteiger partial charge in [-0.3, -0.25) is 9.59 Å². The second kappa shape index (κ2) is 5.15. The molecule has 0 unspecified atom stereocenters. The van der Waals surface area contributed by atoms with Crippen molar-refractivity contribution in [3.8, 4) is 0 Å². The van der Waals surface area contributed by atoms with Crippen molar-refractivity contribution in [1.82, 2.24) is 10.6 Å². The van der Waals surface area contributed by atoms with Gasteiger partial charge in [-0.05, 0) is 17.7 Å². The van der Waals surface area contributed by atoms with Gasteiger partial charge in [-0.2, -0.15) is 8.78 Å². The molecule has 0 saturated carbocycles. The van der Waals surface area contributed by atoms with Gasteiger partial charge in [-0.1, -0.05) is 12.1 Å². The average molecular weight is 286 g/mol. The van der Waals surface area contributed by atoms with Gasteiger partial charge in [0.05, 0.1) is 12.1 Å². The van der Waals surface area contributed by atoms with E-state index in [0.29, 0.717) is 12.5 Å². The van der Waals surface area contributed by atoms with Crippen molar-refractivity contribution in [2.45, 2.75) is 31.4 Å². The predicted molar refractivity (Wildman–Crippen MR) is 64.5 cm³/mol. The molecule has 1 aromatic carbocycles. The third kappa shape index (κ3) is 3.09. The van der Waals surface area contributed by atoms with Gasteiger partial charge in [0.15, 0.2) is 0 Å². The lowest BCUT2D eigenvalue weighted by Crippen LogP contribution is -2.45. The summed E-state index contributed by atoms with van der Waals surface area (Å²) in [6.45, 7) is 0.476. The van der Waals surface area contributed by atoms with Crippen LogP contribution in [0.2, 0.25) is 0 Å². The topological polar surface area (TPSA) is 58.2 Å². The van der Waals surface area contributed by atoms with E-state index in [4.69, 9.17) is 0 Å². The number of halogens is 3. The summed E-state index contributed by atoms with van der Waals surface area (Å²) in [5, 5.41) is 4.66. The number of amides is 2. The molecule has 1 saturated heterocycles. The van der Waals surface area contributed by atoms with E-state index in [9.17, 15) is 22.8 Å². The Hall–Kier alpha value is -2.05. The molecule has 4 nitrogen and oxygen atoms in total. The quantitative estimate of drug-likeness (QED) is 0.885. The number of hydrogen-bond donors (Lipinski definition) is 2. The maximum atomic E-state index is 13.2. The normalized spacial score (nSPS) is 22.5. The molecule has 1 aliphatic heterocycles. The van der Waals surface area contributed by atoms with Crippen LogP contribution < -0.4 is 10.6 Å². The number of carbonyl (C=O) groups excluding carboxylic acids is 2. The summed E-state index contributed by atoms with van der Waals surface area (Å²) in [6, 6.07) is 3.88. The van der Waals surface area contributed by atoms with Gasteiger partial charge in [0.25, 0.3) is 5.91 Å². The molecular formula is C13H13F3N2O2. The highest BCUT2D eigenvalue weighted by Crippen LogP contribution is 2.26. The van der Waals surface area contributed by atoms with Crippen LogP contribution >= 0.6 is 0 Å². The zero-order valence-corrected chi connectivity index (χ0v) is 10.6. The van der Waals surface area contributed by atoms with E-state index in [1.807, 2.05) is 0 Å². The molecule has 0 spiro atoms.